The van der Waals surface area contributed by atoms with Gasteiger partial charge in [-0.05, 0) is 30.3 Å². The molecule has 8 nitrogen and oxygen atoms in total. The van der Waals surface area contributed by atoms with Crippen molar-refractivity contribution in [2.75, 3.05) is 50.1 Å². The van der Waals surface area contributed by atoms with E-state index in [0.717, 1.165) is 32.8 Å². The zero-order valence-electron chi connectivity index (χ0n) is 18.2. The lowest BCUT2D eigenvalue weighted by molar-refractivity contribution is 0.0323. The first-order valence-corrected chi connectivity index (χ1v) is 11.0. The number of aryl methyl sites for hydroxylation is 1. The second-order valence-electron chi connectivity index (χ2n) is 7.54. The maximum absolute atomic E-state index is 13.8. The number of anilines is 2. The van der Waals surface area contributed by atoms with Gasteiger partial charge < -0.3 is 20.1 Å². The number of aromatic nitrogens is 2. The van der Waals surface area contributed by atoms with Crippen molar-refractivity contribution in [3.63, 3.8) is 0 Å². The molecule has 4 rings (SSSR count). The molecule has 0 spiro atoms. The van der Waals surface area contributed by atoms with Gasteiger partial charge >= 0.3 is 6.03 Å². The van der Waals surface area contributed by atoms with Gasteiger partial charge in [0.25, 0.3) is 0 Å². The lowest BCUT2D eigenvalue weighted by Crippen LogP contribution is -2.38. The Hall–Kier alpha value is -3.14. The van der Waals surface area contributed by atoms with Gasteiger partial charge in [0.1, 0.15) is 18.2 Å². The summed E-state index contributed by atoms with van der Waals surface area (Å²) >= 11 is 6.39. The van der Waals surface area contributed by atoms with Crippen LogP contribution < -0.4 is 15.4 Å². The normalized spacial score (nSPS) is 14.2. The topological polar surface area (TPSA) is 80.7 Å². The van der Waals surface area contributed by atoms with Gasteiger partial charge in [0.05, 0.1) is 35.8 Å². The summed E-state index contributed by atoms with van der Waals surface area (Å²) in [5.41, 5.74) is 1.94. The summed E-state index contributed by atoms with van der Waals surface area (Å²) in [5, 5.41) is 9.90. The van der Waals surface area contributed by atoms with Gasteiger partial charge in [-0.25, -0.2) is 9.18 Å². The maximum Gasteiger partial charge on any atom is 0.323 e. The second kappa shape index (κ2) is 10.7. The Kier molecular flexibility index (Phi) is 7.43. The summed E-state index contributed by atoms with van der Waals surface area (Å²) in [5.74, 6) is 0.104. The fraction of sp³-hybridized carbons (Fsp3) is 0.304. The van der Waals surface area contributed by atoms with Gasteiger partial charge in [-0.2, -0.15) is 5.10 Å². The van der Waals surface area contributed by atoms with E-state index in [2.05, 4.69) is 20.6 Å². The predicted octanol–water partition coefficient (Wildman–Crippen LogP) is 4.23. The summed E-state index contributed by atoms with van der Waals surface area (Å²) in [6, 6.07) is 10.7. The van der Waals surface area contributed by atoms with Gasteiger partial charge in [-0.1, -0.05) is 23.7 Å². The van der Waals surface area contributed by atoms with Crippen LogP contribution in [0.4, 0.5) is 20.6 Å². The number of carbonyl (C=O) groups is 1. The molecule has 2 N–H and O–H groups in total. The van der Waals surface area contributed by atoms with Crippen LogP contribution in [0.15, 0.2) is 48.7 Å². The van der Waals surface area contributed by atoms with E-state index in [1.54, 1.807) is 48.3 Å². The molecule has 0 aliphatic carbocycles. The molecule has 0 unspecified atom stereocenters. The molecule has 0 radical (unpaired) electrons. The van der Waals surface area contributed by atoms with Gasteiger partial charge in [-0.15, -0.1) is 0 Å². The number of benzene rings is 2. The Labute approximate surface area is 196 Å². The Morgan fingerprint density at radius 3 is 2.73 bits per heavy atom. The van der Waals surface area contributed by atoms with Crippen LogP contribution in [0.25, 0.3) is 11.3 Å². The highest BCUT2D eigenvalue weighted by Gasteiger charge is 2.17. The second-order valence-corrected chi connectivity index (χ2v) is 7.94. The van der Waals surface area contributed by atoms with Gasteiger partial charge in [-0.3, -0.25) is 9.58 Å². The summed E-state index contributed by atoms with van der Waals surface area (Å²) in [6.45, 7) is 4.47. The molecule has 33 heavy (non-hydrogen) atoms. The number of morpholine rings is 1. The molecule has 0 atom stereocenters. The number of para-hydroxylation sites is 1. The fourth-order valence-corrected chi connectivity index (χ4v) is 3.86. The molecule has 3 aromatic rings. The first-order chi connectivity index (χ1) is 16.0. The Bertz CT molecular complexity index is 1100. The molecule has 0 saturated carbocycles. The summed E-state index contributed by atoms with van der Waals surface area (Å²) in [4.78, 5) is 14.7. The van der Waals surface area contributed by atoms with Crippen molar-refractivity contribution >= 4 is 29.0 Å². The van der Waals surface area contributed by atoms with Crippen molar-refractivity contribution in [3.05, 3.63) is 59.5 Å². The molecule has 10 heteroatoms. The van der Waals surface area contributed by atoms with Gasteiger partial charge in [0, 0.05) is 37.9 Å². The Morgan fingerprint density at radius 2 is 2.00 bits per heavy atom. The van der Waals surface area contributed by atoms with Crippen LogP contribution in [0, 0.1) is 5.82 Å². The van der Waals surface area contributed by atoms with Crippen LogP contribution in [0.2, 0.25) is 5.02 Å². The molecule has 2 aromatic carbocycles. The van der Waals surface area contributed by atoms with Crippen LogP contribution in [-0.4, -0.2) is 60.2 Å². The highest BCUT2D eigenvalue weighted by molar-refractivity contribution is 6.33. The standard InChI is InChI=1S/C23H25ClFN5O3/c1-29-22(18(24)15-26-29)17-14-16(27-23(31)28-20-5-3-2-4-19(20)25)6-7-21(17)33-13-10-30-8-11-32-12-9-30/h2-7,14-15H,8-13H2,1H3,(H2,27,28,31). The number of hydrogen-bond donors (Lipinski definition) is 2. The first-order valence-electron chi connectivity index (χ1n) is 10.6. The number of halogens is 2. The quantitative estimate of drug-likeness (QED) is 0.536. The molecule has 1 aliphatic heterocycles. The van der Waals surface area contributed by atoms with Crippen molar-refractivity contribution in [2.24, 2.45) is 7.05 Å². The number of nitrogens with one attached hydrogen (secondary N) is 2. The summed E-state index contributed by atoms with van der Waals surface area (Å²) in [6.07, 6.45) is 1.55. The van der Waals surface area contributed by atoms with Crippen molar-refractivity contribution in [2.45, 2.75) is 0 Å². The average Bonchev–Trinajstić information content (AvgIpc) is 3.14. The van der Waals surface area contributed by atoms with Crippen LogP contribution in [0.5, 0.6) is 5.75 Å². The van der Waals surface area contributed by atoms with Gasteiger partial charge in [0.15, 0.2) is 0 Å². The molecular weight excluding hydrogens is 449 g/mol. The van der Waals surface area contributed by atoms with E-state index in [1.807, 2.05) is 0 Å². The number of nitrogens with zero attached hydrogens (tertiary/aromatic N) is 3. The fourth-order valence-electron chi connectivity index (χ4n) is 3.59. The lowest BCUT2D eigenvalue weighted by atomic mass is 10.1. The first kappa shape index (κ1) is 23.0. The van der Waals surface area contributed by atoms with Crippen molar-refractivity contribution in [1.82, 2.24) is 14.7 Å². The Morgan fingerprint density at radius 1 is 1.21 bits per heavy atom. The van der Waals surface area contributed by atoms with E-state index in [-0.39, 0.29) is 5.69 Å². The van der Waals surface area contributed by atoms with Crippen LogP contribution in [-0.2, 0) is 11.8 Å². The number of ether oxygens (including phenoxy) is 2. The maximum atomic E-state index is 13.8. The third-order valence-corrected chi connectivity index (χ3v) is 5.55. The van der Waals surface area contributed by atoms with Gasteiger partial charge in [0.2, 0.25) is 0 Å². The zero-order chi connectivity index (χ0) is 23.2. The molecule has 1 aromatic heterocycles. The molecule has 174 valence electrons. The van der Waals surface area contributed by atoms with E-state index < -0.39 is 11.8 Å². The lowest BCUT2D eigenvalue weighted by Gasteiger charge is -2.26. The number of hydrogen-bond acceptors (Lipinski definition) is 5. The number of rotatable bonds is 7. The van der Waals surface area contributed by atoms with E-state index >= 15 is 0 Å². The van der Waals surface area contributed by atoms with E-state index in [1.165, 1.54) is 12.1 Å². The van der Waals surface area contributed by atoms with Crippen molar-refractivity contribution in [1.29, 1.82) is 0 Å². The third kappa shape index (κ3) is 5.81. The molecule has 1 saturated heterocycles. The summed E-state index contributed by atoms with van der Waals surface area (Å²) < 4.78 is 27.0. The predicted molar refractivity (Wildman–Crippen MR) is 125 cm³/mol. The number of amides is 2. The molecule has 1 aliphatic rings. The minimum absolute atomic E-state index is 0.0907. The minimum Gasteiger partial charge on any atom is -0.492 e. The zero-order valence-corrected chi connectivity index (χ0v) is 18.9. The van der Waals surface area contributed by atoms with Crippen molar-refractivity contribution < 1.29 is 18.7 Å². The highest BCUT2D eigenvalue weighted by atomic mass is 35.5. The highest BCUT2D eigenvalue weighted by Crippen LogP contribution is 2.36. The number of urea groups is 1. The van der Waals surface area contributed by atoms with Crippen LogP contribution in [0.1, 0.15) is 0 Å². The van der Waals surface area contributed by atoms with Crippen LogP contribution >= 0.6 is 11.6 Å². The Balaban J connectivity index is 1.51. The van der Waals surface area contributed by atoms with E-state index in [4.69, 9.17) is 21.1 Å². The van der Waals surface area contributed by atoms with E-state index in [9.17, 15) is 9.18 Å². The molecule has 2 amide bonds. The van der Waals surface area contributed by atoms with E-state index in [0.29, 0.717) is 34.3 Å². The molecule has 2 heterocycles. The molecule has 1 fully saturated rings. The smallest absolute Gasteiger partial charge is 0.323 e. The van der Waals surface area contributed by atoms with Crippen molar-refractivity contribution in [3.8, 4) is 17.0 Å². The number of carbonyl (C=O) groups excluding carboxylic acids is 1. The average molecular weight is 474 g/mol. The monoisotopic (exact) mass is 473 g/mol. The molecule has 0 bridgehead atoms. The largest absolute Gasteiger partial charge is 0.492 e. The SMILES string of the molecule is Cn1ncc(Cl)c1-c1cc(NC(=O)Nc2ccccc2F)ccc1OCCN1CCOCC1. The summed E-state index contributed by atoms with van der Waals surface area (Å²) in [7, 11) is 1.78. The minimum atomic E-state index is -0.567. The third-order valence-electron chi connectivity index (χ3n) is 5.28. The van der Waals surface area contributed by atoms with Crippen LogP contribution in [0.3, 0.4) is 0 Å². The molecular formula is C23H25ClFN5O3.